The lowest BCUT2D eigenvalue weighted by atomic mass is 10.1. The van der Waals surface area contributed by atoms with Crippen molar-refractivity contribution in [2.45, 2.75) is 64.2 Å². The van der Waals surface area contributed by atoms with Gasteiger partial charge in [-0.1, -0.05) is 74.6 Å². The van der Waals surface area contributed by atoms with E-state index in [9.17, 15) is 4.79 Å². The van der Waals surface area contributed by atoms with E-state index in [2.05, 4.69) is 27.1 Å². The SMILES string of the molecule is CN1CCN(CCCCCCCCCCCCNC(=O)c2c(Cl)cncc2Cl)CC1. The highest BCUT2D eigenvalue weighted by Gasteiger charge is 2.14. The third kappa shape index (κ3) is 9.95. The minimum Gasteiger partial charge on any atom is -0.352 e. The van der Waals surface area contributed by atoms with E-state index in [1.165, 1.54) is 96.5 Å². The molecule has 2 heterocycles. The maximum absolute atomic E-state index is 12.2. The second kappa shape index (κ2) is 15.0. The van der Waals surface area contributed by atoms with Crippen LogP contribution < -0.4 is 5.32 Å². The standard InChI is InChI=1S/C23H38Cl2N4O/c1-28-14-16-29(17-15-28)13-11-9-7-5-3-2-4-6-8-10-12-27-23(30)22-20(24)18-26-19-21(22)25/h18-19H,2-17H2,1H3,(H,27,30). The Kier molecular flexibility index (Phi) is 12.7. The number of amides is 1. The quantitative estimate of drug-likeness (QED) is 0.387. The molecule has 1 fully saturated rings. The van der Waals surface area contributed by atoms with E-state index in [1.807, 2.05) is 0 Å². The number of carbonyl (C=O) groups is 1. The first-order valence-corrected chi connectivity index (χ1v) is 12.3. The second-order valence-corrected chi connectivity index (χ2v) is 9.23. The molecule has 1 saturated heterocycles. The van der Waals surface area contributed by atoms with E-state index >= 15 is 0 Å². The van der Waals surface area contributed by atoms with Gasteiger partial charge in [0.05, 0.1) is 15.6 Å². The number of likely N-dealkylation sites (N-methyl/N-ethyl adjacent to an activating group) is 1. The van der Waals surface area contributed by atoms with Crippen molar-refractivity contribution in [1.29, 1.82) is 0 Å². The summed E-state index contributed by atoms with van der Waals surface area (Å²) in [7, 11) is 2.21. The third-order valence-electron chi connectivity index (χ3n) is 5.86. The van der Waals surface area contributed by atoms with Gasteiger partial charge in [-0.25, -0.2) is 0 Å². The lowest BCUT2D eigenvalue weighted by Gasteiger charge is -2.32. The first kappa shape index (κ1) is 25.4. The van der Waals surface area contributed by atoms with Gasteiger partial charge in [0, 0.05) is 45.1 Å². The molecule has 0 bridgehead atoms. The van der Waals surface area contributed by atoms with Crippen molar-refractivity contribution < 1.29 is 4.79 Å². The van der Waals surface area contributed by atoms with Crippen LogP contribution in [-0.4, -0.2) is 67.0 Å². The van der Waals surface area contributed by atoms with Crippen LogP contribution in [-0.2, 0) is 0 Å². The molecule has 1 N–H and O–H groups in total. The average Bonchev–Trinajstić information content (AvgIpc) is 2.72. The zero-order valence-electron chi connectivity index (χ0n) is 18.5. The molecular formula is C23H38Cl2N4O. The Morgan fingerprint density at radius 2 is 1.37 bits per heavy atom. The molecule has 1 aliphatic rings. The molecule has 0 aromatic carbocycles. The Balaban J connectivity index is 1.35. The molecule has 0 aliphatic carbocycles. The van der Waals surface area contributed by atoms with E-state index in [-0.39, 0.29) is 5.91 Å². The number of rotatable bonds is 14. The van der Waals surface area contributed by atoms with Crippen LogP contribution in [0.3, 0.4) is 0 Å². The number of nitrogens with one attached hydrogen (secondary N) is 1. The Hall–Kier alpha value is -0.880. The second-order valence-electron chi connectivity index (χ2n) is 8.41. The number of hydrogen-bond donors (Lipinski definition) is 1. The third-order valence-corrected chi connectivity index (χ3v) is 6.44. The minimum absolute atomic E-state index is 0.222. The molecule has 30 heavy (non-hydrogen) atoms. The van der Waals surface area contributed by atoms with Crippen LogP contribution in [0.5, 0.6) is 0 Å². The van der Waals surface area contributed by atoms with Crippen LogP contribution in [0.15, 0.2) is 12.4 Å². The summed E-state index contributed by atoms with van der Waals surface area (Å²) < 4.78 is 0. The van der Waals surface area contributed by atoms with Gasteiger partial charge in [-0.3, -0.25) is 9.78 Å². The molecule has 1 aromatic rings. The van der Waals surface area contributed by atoms with Gasteiger partial charge in [0.1, 0.15) is 0 Å². The fraction of sp³-hybridized carbons (Fsp3) is 0.739. The van der Waals surface area contributed by atoms with Crippen molar-refractivity contribution in [3.63, 3.8) is 0 Å². The molecule has 0 saturated carbocycles. The largest absolute Gasteiger partial charge is 0.352 e. The first-order chi connectivity index (χ1) is 14.6. The van der Waals surface area contributed by atoms with Crippen LogP contribution in [0.1, 0.15) is 74.6 Å². The van der Waals surface area contributed by atoms with Crippen molar-refractivity contribution in [2.75, 3.05) is 46.3 Å². The summed E-state index contributed by atoms with van der Waals surface area (Å²) in [5.74, 6) is -0.222. The zero-order valence-corrected chi connectivity index (χ0v) is 20.0. The van der Waals surface area contributed by atoms with Crippen molar-refractivity contribution in [2.24, 2.45) is 0 Å². The van der Waals surface area contributed by atoms with Crippen LogP contribution in [0, 0.1) is 0 Å². The van der Waals surface area contributed by atoms with Gasteiger partial charge in [0.2, 0.25) is 0 Å². The highest BCUT2D eigenvalue weighted by atomic mass is 35.5. The highest BCUT2D eigenvalue weighted by molar-refractivity contribution is 6.39. The first-order valence-electron chi connectivity index (χ1n) is 11.6. The molecule has 1 amide bonds. The van der Waals surface area contributed by atoms with Crippen LogP contribution >= 0.6 is 23.2 Å². The molecule has 0 atom stereocenters. The number of hydrogen-bond acceptors (Lipinski definition) is 4. The summed E-state index contributed by atoms with van der Waals surface area (Å²) in [6, 6.07) is 0. The average molecular weight is 457 g/mol. The number of halogens is 2. The molecule has 2 rings (SSSR count). The van der Waals surface area contributed by atoms with Gasteiger partial charge in [-0.05, 0) is 26.4 Å². The number of aromatic nitrogens is 1. The number of pyridine rings is 1. The molecule has 7 heteroatoms. The maximum Gasteiger partial charge on any atom is 0.254 e. The van der Waals surface area contributed by atoms with E-state index in [1.54, 1.807) is 0 Å². The van der Waals surface area contributed by atoms with Gasteiger partial charge < -0.3 is 15.1 Å². The van der Waals surface area contributed by atoms with Gasteiger partial charge in [-0.2, -0.15) is 0 Å². The summed E-state index contributed by atoms with van der Waals surface area (Å²) in [5.41, 5.74) is 0.317. The van der Waals surface area contributed by atoms with E-state index < -0.39 is 0 Å². The number of carbonyl (C=O) groups excluding carboxylic acids is 1. The van der Waals surface area contributed by atoms with Crippen LogP contribution in [0.25, 0.3) is 0 Å². The summed E-state index contributed by atoms with van der Waals surface area (Å²) >= 11 is 12.0. The van der Waals surface area contributed by atoms with Crippen molar-refractivity contribution >= 4 is 29.1 Å². The molecule has 0 unspecified atom stereocenters. The lowest BCUT2D eigenvalue weighted by Crippen LogP contribution is -2.44. The molecule has 0 radical (unpaired) electrons. The Labute approximate surface area is 192 Å². The van der Waals surface area contributed by atoms with Gasteiger partial charge in [0.15, 0.2) is 0 Å². The van der Waals surface area contributed by atoms with Crippen molar-refractivity contribution in [1.82, 2.24) is 20.1 Å². The molecule has 5 nitrogen and oxygen atoms in total. The number of unbranched alkanes of at least 4 members (excludes halogenated alkanes) is 9. The molecular weight excluding hydrogens is 419 g/mol. The minimum atomic E-state index is -0.222. The molecule has 1 aromatic heterocycles. The predicted molar refractivity (Wildman–Crippen MR) is 127 cm³/mol. The maximum atomic E-state index is 12.2. The van der Waals surface area contributed by atoms with Crippen molar-refractivity contribution in [3.8, 4) is 0 Å². The number of nitrogens with zero attached hydrogens (tertiary/aromatic N) is 3. The summed E-state index contributed by atoms with van der Waals surface area (Å²) in [5, 5.41) is 3.48. The lowest BCUT2D eigenvalue weighted by molar-refractivity contribution is 0.0953. The van der Waals surface area contributed by atoms with Crippen LogP contribution in [0.2, 0.25) is 10.0 Å². The topological polar surface area (TPSA) is 48.5 Å². The van der Waals surface area contributed by atoms with Crippen LogP contribution in [0.4, 0.5) is 0 Å². The normalized spacial score (nSPS) is 15.4. The summed E-state index contributed by atoms with van der Waals surface area (Å²) in [4.78, 5) is 21.1. The predicted octanol–water partition coefficient (Wildman–Crippen LogP) is 5.27. The Bertz CT molecular complexity index is 601. The monoisotopic (exact) mass is 456 g/mol. The van der Waals surface area contributed by atoms with E-state index in [0.29, 0.717) is 22.2 Å². The summed E-state index contributed by atoms with van der Waals surface area (Å²) in [6.07, 6.45) is 15.7. The number of piperazine rings is 1. The van der Waals surface area contributed by atoms with Crippen molar-refractivity contribution in [3.05, 3.63) is 28.0 Å². The zero-order chi connectivity index (χ0) is 21.6. The van der Waals surface area contributed by atoms with Gasteiger partial charge in [-0.15, -0.1) is 0 Å². The Morgan fingerprint density at radius 1 is 0.867 bits per heavy atom. The molecule has 0 spiro atoms. The Morgan fingerprint density at radius 3 is 1.93 bits per heavy atom. The van der Waals surface area contributed by atoms with Gasteiger partial charge in [0.25, 0.3) is 5.91 Å². The van der Waals surface area contributed by atoms with E-state index in [4.69, 9.17) is 23.2 Å². The smallest absolute Gasteiger partial charge is 0.254 e. The fourth-order valence-electron chi connectivity index (χ4n) is 3.86. The van der Waals surface area contributed by atoms with E-state index in [0.717, 1.165) is 12.8 Å². The highest BCUT2D eigenvalue weighted by Crippen LogP contribution is 2.22. The van der Waals surface area contributed by atoms with Gasteiger partial charge >= 0.3 is 0 Å². The fourth-order valence-corrected chi connectivity index (χ4v) is 4.40. The molecule has 1 aliphatic heterocycles. The summed E-state index contributed by atoms with van der Waals surface area (Å²) in [6.45, 7) is 6.86. The molecule has 170 valence electrons.